The molecule has 1 aliphatic heterocycles. The third kappa shape index (κ3) is 3.42. The van der Waals surface area contributed by atoms with E-state index in [4.69, 9.17) is 10.1 Å². The average molecular weight is 242 g/mol. The minimum absolute atomic E-state index is 0.0670. The molecular formula is C10H18N4O3. The number of amides is 3. The Kier molecular flexibility index (Phi) is 4.89. The minimum atomic E-state index is -0.510. The van der Waals surface area contributed by atoms with Crippen molar-refractivity contribution in [1.82, 2.24) is 15.5 Å². The molecule has 1 atom stereocenters. The number of nitrogens with one attached hydrogen (secondary N) is 3. The van der Waals surface area contributed by atoms with E-state index in [2.05, 4.69) is 10.6 Å². The van der Waals surface area contributed by atoms with Crippen molar-refractivity contribution < 1.29 is 14.3 Å². The number of methoxy groups -OCH3 is 1. The standard InChI is InChI=1S/C10H18N4O3/c1-3-12-8(15)6-7-9(11)13-10(16)14(7)4-5-17-2/h7H,3-6H2,1-2H3,(H,12,15)(H2,11,13,16). The third-order valence-electron chi connectivity index (χ3n) is 2.50. The van der Waals surface area contributed by atoms with Gasteiger partial charge in [-0.25, -0.2) is 4.79 Å². The summed E-state index contributed by atoms with van der Waals surface area (Å²) >= 11 is 0. The van der Waals surface area contributed by atoms with Crippen LogP contribution >= 0.6 is 0 Å². The van der Waals surface area contributed by atoms with Crippen LogP contribution in [0.5, 0.6) is 0 Å². The first-order chi connectivity index (χ1) is 8.10. The zero-order chi connectivity index (χ0) is 12.8. The van der Waals surface area contributed by atoms with Crippen molar-refractivity contribution in [1.29, 1.82) is 5.41 Å². The van der Waals surface area contributed by atoms with Crippen LogP contribution < -0.4 is 10.6 Å². The van der Waals surface area contributed by atoms with Gasteiger partial charge in [-0.2, -0.15) is 0 Å². The van der Waals surface area contributed by atoms with Crippen LogP contribution in [0.4, 0.5) is 4.79 Å². The van der Waals surface area contributed by atoms with E-state index in [1.165, 1.54) is 12.0 Å². The van der Waals surface area contributed by atoms with E-state index in [1.54, 1.807) is 0 Å². The van der Waals surface area contributed by atoms with Crippen LogP contribution in [0, 0.1) is 5.41 Å². The van der Waals surface area contributed by atoms with Crippen molar-refractivity contribution in [3.05, 3.63) is 0 Å². The Morgan fingerprint density at radius 1 is 1.65 bits per heavy atom. The summed E-state index contributed by atoms with van der Waals surface area (Å²) in [6, 6.07) is -0.856. The molecule has 0 bridgehead atoms. The molecule has 0 radical (unpaired) electrons. The van der Waals surface area contributed by atoms with Crippen LogP contribution in [-0.4, -0.2) is 55.5 Å². The van der Waals surface area contributed by atoms with Crippen molar-refractivity contribution in [3.63, 3.8) is 0 Å². The van der Waals surface area contributed by atoms with Crippen LogP contribution in [0.3, 0.4) is 0 Å². The second-order valence-electron chi connectivity index (χ2n) is 3.70. The summed E-state index contributed by atoms with van der Waals surface area (Å²) in [7, 11) is 1.54. The number of hydrogen-bond acceptors (Lipinski definition) is 4. The molecule has 1 saturated heterocycles. The molecule has 7 nitrogen and oxygen atoms in total. The number of rotatable bonds is 6. The molecule has 0 aliphatic carbocycles. The van der Waals surface area contributed by atoms with Crippen LogP contribution in [0.15, 0.2) is 0 Å². The van der Waals surface area contributed by atoms with E-state index < -0.39 is 6.04 Å². The van der Waals surface area contributed by atoms with Crippen molar-refractivity contribution in [2.24, 2.45) is 0 Å². The second kappa shape index (κ2) is 6.19. The first-order valence-electron chi connectivity index (χ1n) is 5.51. The van der Waals surface area contributed by atoms with Crippen molar-refractivity contribution in [3.8, 4) is 0 Å². The van der Waals surface area contributed by atoms with Crippen LogP contribution in [-0.2, 0) is 9.53 Å². The third-order valence-corrected chi connectivity index (χ3v) is 2.50. The Hall–Kier alpha value is -1.63. The normalized spacial score (nSPS) is 19.4. The molecule has 0 aromatic heterocycles. The molecule has 0 aromatic rings. The number of ether oxygens (including phenoxy) is 1. The number of carbonyl (C=O) groups excluding carboxylic acids is 2. The van der Waals surface area contributed by atoms with E-state index in [1.807, 2.05) is 6.92 Å². The zero-order valence-corrected chi connectivity index (χ0v) is 10.1. The molecule has 1 aliphatic rings. The fourth-order valence-electron chi connectivity index (χ4n) is 1.67. The highest BCUT2D eigenvalue weighted by atomic mass is 16.5. The Morgan fingerprint density at radius 2 is 2.35 bits per heavy atom. The first-order valence-corrected chi connectivity index (χ1v) is 5.51. The maximum atomic E-state index is 11.5. The maximum Gasteiger partial charge on any atom is 0.323 e. The molecule has 0 saturated carbocycles. The van der Waals surface area contributed by atoms with Crippen molar-refractivity contribution >= 4 is 17.8 Å². The molecule has 1 rings (SSSR count). The number of urea groups is 1. The quantitative estimate of drug-likeness (QED) is 0.587. The van der Waals surface area contributed by atoms with Gasteiger partial charge in [0.25, 0.3) is 0 Å². The highest BCUT2D eigenvalue weighted by Gasteiger charge is 2.36. The molecule has 3 N–H and O–H groups in total. The van der Waals surface area contributed by atoms with Gasteiger partial charge in [0.05, 0.1) is 19.1 Å². The maximum absolute atomic E-state index is 11.5. The fourth-order valence-corrected chi connectivity index (χ4v) is 1.67. The van der Waals surface area contributed by atoms with Gasteiger partial charge < -0.3 is 15.0 Å². The average Bonchev–Trinajstić information content (AvgIpc) is 2.52. The topological polar surface area (TPSA) is 94.5 Å². The van der Waals surface area contributed by atoms with E-state index in [0.717, 1.165) is 0 Å². The summed E-state index contributed by atoms with van der Waals surface area (Å²) < 4.78 is 4.90. The van der Waals surface area contributed by atoms with Gasteiger partial charge in [0.2, 0.25) is 5.91 Å². The lowest BCUT2D eigenvalue weighted by Crippen LogP contribution is -2.41. The largest absolute Gasteiger partial charge is 0.383 e. The lowest BCUT2D eigenvalue weighted by Gasteiger charge is -2.21. The predicted molar refractivity (Wildman–Crippen MR) is 61.9 cm³/mol. The smallest absolute Gasteiger partial charge is 0.323 e. The molecule has 7 heteroatoms. The molecule has 3 amide bonds. The van der Waals surface area contributed by atoms with E-state index in [9.17, 15) is 9.59 Å². The fraction of sp³-hybridized carbons (Fsp3) is 0.700. The van der Waals surface area contributed by atoms with Crippen LogP contribution in [0.2, 0.25) is 0 Å². The zero-order valence-electron chi connectivity index (χ0n) is 10.1. The number of carbonyl (C=O) groups is 2. The second-order valence-corrected chi connectivity index (χ2v) is 3.70. The molecule has 1 heterocycles. The summed E-state index contributed by atoms with van der Waals surface area (Å²) in [5.74, 6) is -0.0986. The summed E-state index contributed by atoms with van der Waals surface area (Å²) in [5, 5.41) is 12.7. The number of nitrogens with zero attached hydrogens (tertiary/aromatic N) is 1. The summed E-state index contributed by atoms with van der Waals surface area (Å²) in [5.41, 5.74) is 0. The molecule has 96 valence electrons. The van der Waals surface area contributed by atoms with Gasteiger partial charge in [-0.3, -0.25) is 15.5 Å². The summed E-state index contributed by atoms with van der Waals surface area (Å²) in [6.07, 6.45) is 0.106. The Labute approximate surface area is 100.0 Å². The lowest BCUT2D eigenvalue weighted by atomic mass is 10.1. The molecule has 1 unspecified atom stereocenters. The molecule has 0 spiro atoms. The van der Waals surface area contributed by atoms with Crippen LogP contribution in [0.25, 0.3) is 0 Å². The van der Waals surface area contributed by atoms with Crippen molar-refractivity contribution in [2.75, 3.05) is 26.8 Å². The van der Waals surface area contributed by atoms with Gasteiger partial charge in [-0.15, -0.1) is 0 Å². The minimum Gasteiger partial charge on any atom is -0.383 e. The molecular weight excluding hydrogens is 224 g/mol. The first kappa shape index (κ1) is 13.4. The Balaban J connectivity index is 2.61. The highest BCUT2D eigenvalue weighted by Crippen LogP contribution is 2.12. The molecule has 17 heavy (non-hydrogen) atoms. The highest BCUT2D eigenvalue weighted by molar-refractivity contribution is 6.07. The lowest BCUT2D eigenvalue weighted by molar-refractivity contribution is -0.121. The molecule has 0 aromatic carbocycles. The summed E-state index contributed by atoms with van der Waals surface area (Å²) in [4.78, 5) is 24.4. The van der Waals surface area contributed by atoms with Gasteiger partial charge in [0.15, 0.2) is 0 Å². The molecule has 1 fully saturated rings. The van der Waals surface area contributed by atoms with Gasteiger partial charge in [-0.05, 0) is 6.92 Å². The van der Waals surface area contributed by atoms with E-state index in [-0.39, 0.29) is 24.2 Å². The van der Waals surface area contributed by atoms with Gasteiger partial charge in [-0.1, -0.05) is 0 Å². The van der Waals surface area contributed by atoms with Gasteiger partial charge in [0.1, 0.15) is 5.84 Å². The monoisotopic (exact) mass is 242 g/mol. The predicted octanol–water partition coefficient (Wildman–Crippen LogP) is -0.470. The van der Waals surface area contributed by atoms with Gasteiger partial charge >= 0.3 is 6.03 Å². The Bertz CT molecular complexity index is 319. The number of amidine groups is 1. The van der Waals surface area contributed by atoms with Crippen molar-refractivity contribution in [2.45, 2.75) is 19.4 Å². The van der Waals surface area contributed by atoms with E-state index >= 15 is 0 Å². The van der Waals surface area contributed by atoms with E-state index in [0.29, 0.717) is 19.7 Å². The Morgan fingerprint density at radius 3 is 2.94 bits per heavy atom. The van der Waals surface area contributed by atoms with Crippen LogP contribution in [0.1, 0.15) is 13.3 Å². The summed E-state index contributed by atoms with van der Waals surface area (Å²) in [6.45, 7) is 3.11. The number of hydrogen-bond donors (Lipinski definition) is 3. The van der Waals surface area contributed by atoms with Gasteiger partial charge in [0, 0.05) is 20.2 Å². The SMILES string of the molecule is CCNC(=O)CC1C(=N)NC(=O)N1CCOC.